The summed E-state index contributed by atoms with van der Waals surface area (Å²) in [4.78, 5) is 36.9. The van der Waals surface area contributed by atoms with Crippen LogP contribution in [0.5, 0.6) is 0 Å². The van der Waals surface area contributed by atoms with Gasteiger partial charge in [0, 0.05) is 23.5 Å². The molecule has 0 radical (unpaired) electrons. The number of nitrogens with one attached hydrogen (secondary N) is 1. The van der Waals surface area contributed by atoms with Gasteiger partial charge in [-0.2, -0.15) is 0 Å². The second-order valence-electron chi connectivity index (χ2n) is 9.44. The summed E-state index contributed by atoms with van der Waals surface area (Å²) in [6.07, 6.45) is 2.19. The summed E-state index contributed by atoms with van der Waals surface area (Å²) in [5.41, 5.74) is -0.565. The van der Waals surface area contributed by atoms with E-state index >= 15 is 0 Å². The van der Waals surface area contributed by atoms with Gasteiger partial charge in [-0.25, -0.2) is 9.59 Å². The minimum absolute atomic E-state index is 0.0355. The first-order valence-corrected chi connectivity index (χ1v) is 12.1. The van der Waals surface area contributed by atoms with Crippen molar-refractivity contribution in [2.45, 2.75) is 38.0 Å². The van der Waals surface area contributed by atoms with Gasteiger partial charge in [0.15, 0.2) is 0 Å². The zero-order chi connectivity index (χ0) is 27.6. The SMILES string of the molecule is C=CCC(CC1(c2cccc([N+](=O)[O-])c2)C(C(=O)O)=C(C)NC(C)=C1C(=O)O)c1cccc2ccccc12. The van der Waals surface area contributed by atoms with Gasteiger partial charge >= 0.3 is 11.9 Å². The Kier molecular flexibility index (Phi) is 7.17. The fourth-order valence-corrected chi connectivity index (χ4v) is 5.85. The highest BCUT2D eigenvalue weighted by Crippen LogP contribution is 2.52. The monoisotopic (exact) mass is 512 g/mol. The van der Waals surface area contributed by atoms with E-state index in [1.807, 2.05) is 42.5 Å². The molecule has 1 aliphatic rings. The van der Waals surface area contributed by atoms with E-state index in [-0.39, 0.29) is 46.1 Å². The van der Waals surface area contributed by atoms with E-state index in [9.17, 15) is 29.9 Å². The smallest absolute Gasteiger partial charge is 0.334 e. The normalized spacial score (nSPS) is 15.6. The largest absolute Gasteiger partial charge is 0.478 e. The van der Waals surface area contributed by atoms with Gasteiger partial charge in [0.2, 0.25) is 0 Å². The number of dihydropyridines is 1. The number of nitro benzene ring substituents is 1. The molecule has 0 saturated heterocycles. The summed E-state index contributed by atoms with van der Waals surface area (Å²) >= 11 is 0. The lowest BCUT2D eigenvalue weighted by molar-refractivity contribution is -0.385. The molecule has 0 spiro atoms. The van der Waals surface area contributed by atoms with Crippen LogP contribution in [0.1, 0.15) is 43.7 Å². The molecule has 1 aliphatic heterocycles. The van der Waals surface area contributed by atoms with E-state index in [2.05, 4.69) is 11.9 Å². The van der Waals surface area contributed by atoms with Crippen LogP contribution in [0.4, 0.5) is 5.69 Å². The van der Waals surface area contributed by atoms with E-state index in [1.54, 1.807) is 26.0 Å². The lowest BCUT2D eigenvalue weighted by Gasteiger charge is -2.43. The van der Waals surface area contributed by atoms with Gasteiger partial charge in [0.25, 0.3) is 5.69 Å². The minimum Gasteiger partial charge on any atom is -0.478 e. The van der Waals surface area contributed by atoms with Crippen LogP contribution in [0.15, 0.2) is 102 Å². The molecule has 0 bridgehead atoms. The molecule has 3 aromatic carbocycles. The lowest BCUT2D eigenvalue weighted by Crippen LogP contribution is -2.45. The Morgan fingerprint density at radius 1 is 1.00 bits per heavy atom. The number of aliphatic carboxylic acids is 2. The number of allylic oxidation sites excluding steroid dienone is 3. The van der Waals surface area contributed by atoms with Gasteiger partial charge in [-0.05, 0) is 54.5 Å². The third-order valence-corrected chi connectivity index (χ3v) is 7.22. The molecule has 4 rings (SSSR count). The number of carboxylic acids is 2. The van der Waals surface area contributed by atoms with Crippen LogP contribution in [0.3, 0.4) is 0 Å². The summed E-state index contributed by atoms with van der Waals surface area (Å²) in [5.74, 6) is -2.97. The quantitative estimate of drug-likeness (QED) is 0.181. The molecule has 8 nitrogen and oxygen atoms in total. The zero-order valence-electron chi connectivity index (χ0n) is 21.1. The number of fused-ring (bicyclic) bond motifs is 1. The van der Waals surface area contributed by atoms with Gasteiger partial charge in [-0.15, -0.1) is 6.58 Å². The average Bonchev–Trinajstić information content (AvgIpc) is 2.87. The van der Waals surface area contributed by atoms with Crippen molar-refractivity contribution in [3.05, 3.63) is 123 Å². The standard InChI is InChI=1S/C30H28N2O6/c1-4-9-21(25-15-7-11-20-10-5-6-14-24(20)25)17-30(22-12-8-13-23(16-22)32(37)38)26(28(33)34)18(2)31-19(3)27(30)29(35)36/h4-8,10-16,21,31H,1,9,17H2,2-3H3,(H,33,34)(H,35,36). The number of non-ortho nitro benzene ring substituents is 1. The third-order valence-electron chi connectivity index (χ3n) is 7.22. The van der Waals surface area contributed by atoms with E-state index in [4.69, 9.17) is 0 Å². The Morgan fingerprint density at radius 3 is 2.21 bits per heavy atom. The molecule has 0 aliphatic carbocycles. The van der Waals surface area contributed by atoms with Gasteiger partial charge < -0.3 is 15.5 Å². The lowest BCUT2D eigenvalue weighted by atomic mass is 9.60. The molecule has 3 N–H and O–H groups in total. The Labute approximate surface area is 219 Å². The van der Waals surface area contributed by atoms with Crippen LogP contribution in [0.25, 0.3) is 10.8 Å². The third kappa shape index (κ3) is 4.45. The van der Waals surface area contributed by atoms with Crippen molar-refractivity contribution in [2.24, 2.45) is 0 Å². The Balaban J connectivity index is 2.10. The second-order valence-corrected chi connectivity index (χ2v) is 9.44. The number of hydrogen-bond donors (Lipinski definition) is 3. The van der Waals surface area contributed by atoms with E-state index in [1.165, 1.54) is 18.2 Å². The van der Waals surface area contributed by atoms with Crippen LogP contribution in [-0.2, 0) is 15.0 Å². The van der Waals surface area contributed by atoms with E-state index in [0.717, 1.165) is 16.3 Å². The fourth-order valence-electron chi connectivity index (χ4n) is 5.85. The highest BCUT2D eigenvalue weighted by atomic mass is 16.6. The highest BCUT2D eigenvalue weighted by Gasteiger charge is 2.52. The summed E-state index contributed by atoms with van der Waals surface area (Å²) in [6.45, 7) is 7.07. The average molecular weight is 513 g/mol. The molecule has 0 aromatic heterocycles. The minimum atomic E-state index is -1.70. The van der Waals surface area contributed by atoms with Gasteiger partial charge in [0.05, 0.1) is 21.5 Å². The summed E-state index contributed by atoms with van der Waals surface area (Å²) in [7, 11) is 0. The van der Waals surface area contributed by atoms with Gasteiger partial charge in [0.1, 0.15) is 0 Å². The fraction of sp³-hybridized carbons (Fsp3) is 0.200. The van der Waals surface area contributed by atoms with Crippen LogP contribution in [-0.4, -0.2) is 27.1 Å². The first-order valence-electron chi connectivity index (χ1n) is 12.1. The molecule has 194 valence electrons. The maximum absolute atomic E-state index is 12.9. The van der Waals surface area contributed by atoms with Crippen molar-refractivity contribution in [3.8, 4) is 0 Å². The molecular weight excluding hydrogens is 484 g/mol. The molecule has 3 aromatic rings. The van der Waals surface area contributed by atoms with Crippen molar-refractivity contribution >= 4 is 28.4 Å². The summed E-state index contributed by atoms with van der Waals surface area (Å²) < 4.78 is 0. The summed E-state index contributed by atoms with van der Waals surface area (Å²) in [5, 5.41) is 37.6. The maximum Gasteiger partial charge on any atom is 0.334 e. The number of nitro groups is 1. The van der Waals surface area contributed by atoms with Crippen LogP contribution >= 0.6 is 0 Å². The molecule has 8 heteroatoms. The second kappa shape index (κ2) is 10.3. The molecular formula is C30H28N2O6. The molecule has 0 saturated carbocycles. The van der Waals surface area contributed by atoms with E-state index < -0.39 is 22.3 Å². The number of hydrogen-bond acceptors (Lipinski definition) is 5. The molecule has 0 amide bonds. The van der Waals surface area contributed by atoms with Crippen LogP contribution in [0, 0.1) is 10.1 Å². The summed E-state index contributed by atoms with van der Waals surface area (Å²) in [6, 6.07) is 19.2. The highest BCUT2D eigenvalue weighted by molar-refractivity contribution is 6.01. The Bertz CT molecular complexity index is 1490. The van der Waals surface area contributed by atoms with Gasteiger partial charge in [-0.3, -0.25) is 10.1 Å². The maximum atomic E-state index is 12.9. The first kappa shape index (κ1) is 26.3. The number of carbonyl (C=O) groups is 2. The van der Waals surface area contributed by atoms with E-state index in [0.29, 0.717) is 6.42 Å². The van der Waals surface area contributed by atoms with Crippen LogP contribution in [0.2, 0.25) is 0 Å². The van der Waals surface area contributed by atoms with Crippen molar-refractivity contribution in [2.75, 3.05) is 0 Å². The predicted molar refractivity (Wildman–Crippen MR) is 145 cm³/mol. The Hall–Kier alpha value is -4.72. The zero-order valence-corrected chi connectivity index (χ0v) is 21.1. The number of benzene rings is 3. The molecule has 1 atom stereocenters. The first-order chi connectivity index (χ1) is 18.1. The van der Waals surface area contributed by atoms with Crippen molar-refractivity contribution in [1.29, 1.82) is 0 Å². The van der Waals surface area contributed by atoms with Crippen molar-refractivity contribution in [3.63, 3.8) is 0 Å². The molecule has 38 heavy (non-hydrogen) atoms. The number of carboxylic acid groups (broad SMARTS) is 2. The molecule has 0 fully saturated rings. The van der Waals surface area contributed by atoms with Gasteiger partial charge in [-0.1, -0.05) is 60.7 Å². The topological polar surface area (TPSA) is 130 Å². The van der Waals surface area contributed by atoms with Crippen molar-refractivity contribution < 1.29 is 24.7 Å². The molecule has 1 unspecified atom stereocenters. The van der Waals surface area contributed by atoms with Crippen molar-refractivity contribution in [1.82, 2.24) is 5.32 Å². The number of nitrogens with zero attached hydrogens (tertiary/aromatic N) is 1. The predicted octanol–water partition coefficient (Wildman–Crippen LogP) is 6.06. The Morgan fingerprint density at radius 2 is 1.61 bits per heavy atom. The number of rotatable bonds is 9. The van der Waals surface area contributed by atoms with Crippen LogP contribution < -0.4 is 5.32 Å². The molecule has 1 heterocycles.